The van der Waals surface area contributed by atoms with E-state index in [1.165, 1.54) is 35.9 Å². The van der Waals surface area contributed by atoms with Gasteiger partial charge in [-0.25, -0.2) is 4.39 Å². The maximum atomic E-state index is 14.7. The van der Waals surface area contributed by atoms with E-state index in [1.54, 1.807) is 12.1 Å². The number of unbranched alkanes of at least 4 members (excludes halogenated alkanes) is 1. The van der Waals surface area contributed by atoms with Gasteiger partial charge in [0, 0.05) is 5.56 Å². The lowest BCUT2D eigenvalue weighted by Crippen LogP contribution is -2.16. The van der Waals surface area contributed by atoms with Crippen LogP contribution in [0.25, 0.3) is 22.3 Å². The van der Waals surface area contributed by atoms with E-state index in [9.17, 15) is 17.6 Å². The van der Waals surface area contributed by atoms with Gasteiger partial charge < -0.3 is 4.74 Å². The van der Waals surface area contributed by atoms with Gasteiger partial charge in [-0.2, -0.15) is 0 Å². The first kappa shape index (κ1) is 21.6. The summed E-state index contributed by atoms with van der Waals surface area (Å²) in [5.41, 5.74) is 3.68. The molecule has 0 amide bonds. The molecule has 0 aliphatic carbocycles. The molecule has 0 radical (unpaired) electrons. The van der Waals surface area contributed by atoms with Crippen molar-refractivity contribution in [2.75, 3.05) is 0 Å². The molecular weight excluding hydrogens is 392 g/mol. The molecule has 0 spiro atoms. The zero-order valence-corrected chi connectivity index (χ0v) is 16.5. The molecule has 1 nitrogen and oxygen atoms in total. The third-order valence-corrected chi connectivity index (χ3v) is 4.73. The van der Waals surface area contributed by atoms with Crippen LogP contribution in [0.15, 0.2) is 78.9 Å². The van der Waals surface area contributed by atoms with E-state index in [4.69, 9.17) is 0 Å². The number of hydrogen-bond acceptors (Lipinski definition) is 1. The molecule has 0 saturated carbocycles. The first-order valence-corrected chi connectivity index (χ1v) is 9.72. The highest BCUT2D eigenvalue weighted by Crippen LogP contribution is 2.30. The highest BCUT2D eigenvalue weighted by atomic mass is 19.4. The molecule has 3 aromatic carbocycles. The minimum absolute atomic E-state index is 0.318. The van der Waals surface area contributed by atoms with Crippen molar-refractivity contribution in [2.24, 2.45) is 0 Å². The molecule has 0 aromatic heterocycles. The molecule has 0 N–H and O–H groups in total. The molecule has 0 bridgehead atoms. The fourth-order valence-corrected chi connectivity index (χ4v) is 3.22. The van der Waals surface area contributed by atoms with Crippen molar-refractivity contribution in [3.63, 3.8) is 0 Å². The summed E-state index contributed by atoms with van der Waals surface area (Å²) in [5, 5.41) is 0. The average Bonchev–Trinajstić information content (AvgIpc) is 2.71. The van der Waals surface area contributed by atoms with Crippen LogP contribution in [0.4, 0.5) is 17.6 Å². The number of hydrogen-bond donors (Lipinski definition) is 0. The maximum absolute atomic E-state index is 14.7. The minimum Gasteiger partial charge on any atom is -0.406 e. The fraction of sp³-hybridized carbons (Fsp3) is 0.200. The number of aryl methyl sites for hydroxylation is 1. The summed E-state index contributed by atoms with van der Waals surface area (Å²) in [6.45, 7) is 2.01. The predicted molar refractivity (Wildman–Crippen MR) is 112 cm³/mol. The van der Waals surface area contributed by atoms with E-state index < -0.39 is 12.2 Å². The molecule has 0 atom stereocenters. The second-order valence-electron chi connectivity index (χ2n) is 6.92. The van der Waals surface area contributed by atoms with Gasteiger partial charge in [0.25, 0.3) is 0 Å². The van der Waals surface area contributed by atoms with E-state index in [0.29, 0.717) is 11.1 Å². The Morgan fingerprint density at radius 2 is 1.47 bits per heavy atom. The topological polar surface area (TPSA) is 9.23 Å². The fourth-order valence-electron chi connectivity index (χ4n) is 3.22. The monoisotopic (exact) mass is 414 g/mol. The van der Waals surface area contributed by atoms with Crippen molar-refractivity contribution in [3.8, 4) is 28.0 Å². The largest absolute Gasteiger partial charge is 0.573 e. The minimum atomic E-state index is -4.75. The van der Waals surface area contributed by atoms with Gasteiger partial charge in [-0.3, -0.25) is 0 Å². The Morgan fingerprint density at radius 3 is 2.07 bits per heavy atom. The zero-order chi connectivity index (χ0) is 21.6. The van der Waals surface area contributed by atoms with Crippen molar-refractivity contribution < 1.29 is 22.3 Å². The second kappa shape index (κ2) is 9.61. The van der Waals surface area contributed by atoms with E-state index in [2.05, 4.69) is 22.9 Å². The molecule has 0 unspecified atom stereocenters. The third-order valence-electron chi connectivity index (χ3n) is 4.73. The molecule has 3 rings (SSSR count). The number of halogens is 4. The molecule has 5 heteroatoms. The molecule has 0 heterocycles. The van der Waals surface area contributed by atoms with E-state index >= 15 is 0 Å². The van der Waals surface area contributed by atoms with Crippen LogP contribution in [-0.2, 0) is 6.42 Å². The Bertz CT molecular complexity index is 987. The van der Waals surface area contributed by atoms with Gasteiger partial charge in [0.1, 0.15) is 11.6 Å². The third kappa shape index (κ3) is 5.96. The summed E-state index contributed by atoms with van der Waals surface area (Å²) in [6, 6.07) is 18.1. The van der Waals surface area contributed by atoms with Gasteiger partial charge in [-0.15, -0.1) is 13.2 Å². The maximum Gasteiger partial charge on any atom is 0.573 e. The highest BCUT2D eigenvalue weighted by molar-refractivity contribution is 5.71. The van der Waals surface area contributed by atoms with Crippen molar-refractivity contribution in [3.05, 3.63) is 90.3 Å². The molecule has 0 aliphatic rings. The Kier molecular flexibility index (Phi) is 6.93. The van der Waals surface area contributed by atoms with E-state index in [-0.39, 0.29) is 5.75 Å². The van der Waals surface area contributed by atoms with E-state index in [0.717, 1.165) is 30.4 Å². The first-order valence-electron chi connectivity index (χ1n) is 9.72. The number of benzene rings is 3. The van der Waals surface area contributed by atoms with Crippen molar-refractivity contribution in [1.82, 2.24) is 0 Å². The average molecular weight is 414 g/mol. The SMILES string of the molecule is CC=CCCCc1ccc(-c2ccc(-c3ccc(OC(F)(F)F)cc3)c(F)c2)cc1. The Labute approximate surface area is 173 Å². The Hall–Kier alpha value is -3.08. The van der Waals surface area contributed by atoms with Crippen LogP contribution in [0.2, 0.25) is 0 Å². The summed E-state index contributed by atoms with van der Waals surface area (Å²) >= 11 is 0. The van der Waals surface area contributed by atoms with Gasteiger partial charge >= 0.3 is 6.36 Å². The first-order chi connectivity index (χ1) is 14.4. The molecule has 0 aliphatic heterocycles. The standard InChI is InChI=1S/C25H22F4O/c1-2-3-4-5-6-18-7-9-19(10-8-18)21-13-16-23(24(26)17-21)20-11-14-22(15-12-20)30-25(27,28)29/h2-3,7-17H,4-6H2,1H3. The zero-order valence-electron chi connectivity index (χ0n) is 16.5. The predicted octanol–water partition coefficient (Wildman–Crippen LogP) is 7.96. The van der Waals surface area contributed by atoms with Gasteiger partial charge in [0.2, 0.25) is 0 Å². The Balaban J connectivity index is 1.72. The van der Waals surface area contributed by atoms with Crippen LogP contribution in [0.5, 0.6) is 5.75 Å². The molecule has 0 saturated heterocycles. The summed E-state index contributed by atoms with van der Waals surface area (Å²) in [6.07, 6.45) is 2.57. The van der Waals surface area contributed by atoms with Crippen LogP contribution in [-0.4, -0.2) is 6.36 Å². The normalized spacial score (nSPS) is 11.8. The molecular formula is C25H22F4O. The lowest BCUT2D eigenvalue weighted by Gasteiger charge is -2.10. The van der Waals surface area contributed by atoms with Crippen LogP contribution in [0.3, 0.4) is 0 Å². The van der Waals surface area contributed by atoms with Gasteiger partial charge in [-0.1, -0.05) is 60.7 Å². The highest BCUT2D eigenvalue weighted by Gasteiger charge is 2.31. The number of allylic oxidation sites excluding steroid dienone is 2. The lowest BCUT2D eigenvalue weighted by atomic mass is 9.98. The van der Waals surface area contributed by atoms with Crippen LogP contribution < -0.4 is 4.74 Å². The van der Waals surface area contributed by atoms with Crippen LogP contribution >= 0.6 is 0 Å². The summed E-state index contributed by atoms with van der Waals surface area (Å²) in [4.78, 5) is 0. The van der Waals surface area contributed by atoms with Crippen molar-refractivity contribution in [2.45, 2.75) is 32.5 Å². The van der Waals surface area contributed by atoms with Crippen molar-refractivity contribution in [1.29, 1.82) is 0 Å². The molecule has 156 valence electrons. The Morgan fingerprint density at radius 1 is 0.833 bits per heavy atom. The second-order valence-corrected chi connectivity index (χ2v) is 6.92. The summed E-state index contributed by atoms with van der Waals surface area (Å²) in [7, 11) is 0. The number of rotatable bonds is 7. The molecule has 3 aromatic rings. The van der Waals surface area contributed by atoms with Gasteiger partial charge in [-0.05, 0) is 66.6 Å². The van der Waals surface area contributed by atoms with E-state index in [1.807, 2.05) is 25.1 Å². The lowest BCUT2D eigenvalue weighted by molar-refractivity contribution is -0.274. The summed E-state index contributed by atoms with van der Waals surface area (Å²) in [5.74, 6) is -0.776. The van der Waals surface area contributed by atoms with Crippen molar-refractivity contribution >= 4 is 0 Å². The quantitative estimate of drug-likeness (QED) is 0.216. The van der Waals surface area contributed by atoms with Crippen LogP contribution in [0, 0.1) is 5.82 Å². The van der Waals surface area contributed by atoms with Crippen LogP contribution in [0.1, 0.15) is 25.3 Å². The smallest absolute Gasteiger partial charge is 0.406 e. The summed E-state index contributed by atoms with van der Waals surface area (Å²) < 4.78 is 55.3. The molecule has 0 fully saturated rings. The number of alkyl halides is 3. The number of ether oxygens (including phenoxy) is 1. The van der Waals surface area contributed by atoms with Gasteiger partial charge in [0.05, 0.1) is 0 Å². The van der Waals surface area contributed by atoms with Gasteiger partial charge in [0.15, 0.2) is 0 Å². The molecule has 30 heavy (non-hydrogen) atoms.